The second-order valence-electron chi connectivity index (χ2n) is 13.8. The van der Waals surface area contributed by atoms with E-state index >= 15 is 0 Å². The molecule has 1 unspecified atom stereocenters. The number of rotatable bonds is 8. The molecule has 0 aliphatic carbocycles. The van der Waals surface area contributed by atoms with Crippen molar-refractivity contribution in [3.8, 4) is 55.9 Å². The van der Waals surface area contributed by atoms with Crippen LogP contribution in [0.5, 0.6) is 0 Å². The highest BCUT2D eigenvalue weighted by Gasteiger charge is 2.22. The molecule has 1 aliphatic rings. The van der Waals surface area contributed by atoms with Gasteiger partial charge in [0.25, 0.3) is 0 Å². The molecule has 0 radical (unpaired) electrons. The van der Waals surface area contributed by atoms with Crippen LogP contribution in [0.15, 0.2) is 217 Å². The summed E-state index contributed by atoms with van der Waals surface area (Å²) in [7, 11) is 0. The molecule has 0 saturated heterocycles. The molecule has 0 amide bonds. The molecular weight excluding hydrogens is 653 g/mol. The van der Waals surface area contributed by atoms with Gasteiger partial charge in [0.05, 0.1) is 17.1 Å². The van der Waals surface area contributed by atoms with Crippen LogP contribution in [-0.4, -0.2) is 10.7 Å². The second-order valence-corrected chi connectivity index (χ2v) is 13.8. The average Bonchev–Trinajstić information content (AvgIpc) is 3.27. The molecule has 54 heavy (non-hydrogen) atoms. The third-order valence-corrected chi connectivity index (χ3v) is 10.3. The highest BCUT2D eigenvalue weighted by atomic mass is 14.8. The third kappa shape index (κ3) is 7.11. The van der Waals surface area contributed by atoms with Gasteiger partial charge in [-0.05, 0) is 62.2 Å². The van der Waals surface area contributed by atoms with E-state index in [0.717, 1.165) is 57.0 Å². The van der Waals surface area contributed by atoms with Crippen LogP contribution in [0.25, 0.3) is 61.6 Å². The summed E-state index contributed by atoms with van der Waals surface area (Å²) in [5.41, 5.74) is 16.9. The third-order valence-electron chi connectivity index (χ3n) is 10.3. The van der Waals surface area contributed by atoms with Crippen molar-refractivity contribution in [1.29, 1.82) is 0 Å². The molecule has 2 heteroatoms. The first kappa shape index (κ1) is 33.0. The lowest BCUT2D eigenvalue weighted by molar-refractivity contribution is 0.880. The predicted molar refractivity (Wildman–Crippen MR) is 226 cm³/mol. The van der Waals surface area contributed by atoms with Crippen molar-refractivity contribution in [2.45, 2.75) is 12.3 Å². The number of aliphatic imine (C=N–C) groups is 1. The van der Waals surface area contributed by atoms with Gasteiger partial charge in [-0.25, -0.2) is 4.98 Å². The van der Waals surface area contributed by atoms with Crippen molar-refractivity contribution in [3.63, 3.8) is 0 Å². The summed E-state index contributed by atoms with van der Waals surface area (Å²) < 4.78 is 0. The number of allylic oxidation sites excluding steroid dienone is 1. The first-order valence-electron chi connectivity index (χ1n) is 18.6. The Balaban J connectivity index is 1.09. The van der Waals surface area contributed by atoms with Gasteiger partial charge < -0.3 is 0 Å². The first-order chi connectivity index (χ1) is 26.7. The van der Waals surface area contributed by atoms with Crippen molar-refractivity contribution in [2.75, 3.05) is 0 Å². The Morgan fingerprint density at radius 1 is 0.333 bits per heavy atom. The Morgan fingerprint density at radius 2 is 0.759 bits per heavy atom. The van der Waals surface area contributed by atoms with E-state index in [0.29, 0.717) is 0 Å². The van der Waals surface area contributed by atoms with Crippen LogP contribution in [0.3, 0.4) is 0 Å². The zero-order valence-corrected chi connectivity index (χ0v) is 29.9. The maximum absolute atomic E-state index is 5.27. The molecule has 7 aromatic carbocycles. The molecule has 0 bridgehead atoms. The largest absolute Gasteiger partial charge is 0.252 e. The van der Waals surface area contributed by atoms with Gasteiger partial charge in [-0.2, -0.15) is 0 Å². The van der Waals surface area contributed by atoms with Gasteiger partial charge >= 0.3 is 0 Å². The second kappa shape index (κ2) is 15.0. The predicted octanol–water partition coefficient (Wildman–Crippen LogP) is 13.4. The monoisotopic (exact) mass is 690 g/mol. The fourth-order valence-corrected chi connectivity index (χ4v) is 7.35. The zero-order valence-electron chi connectivity index (χ0n) is 29.9. The van der Waals surface area contributed by atoms with E-state index in [4.69, 9.17) is 9.98 Å². The Labute approximate surface area is 317 Å². The molecule has 0 fully saturated rings. The van der Waals surface area contributed by atoms with Gasteiger partial charge in [0.2, 0.25) is 0 Å². The number of hydrogen-bond donors (Lipinski definition) is 0. The fourth-order valence-electron chi connectivity index (χ4n) is 7.35. The van der Waals surface area contributed by atoms with Crippen molar-refractivity contribution in [1.82, 2.24) is 4.98 Å². The number of benzene rings is 7. The van der Waals surface area contributed by atoms with Crippen LogP contribution in [0.1, 0.15) is 29.0 Å². The Bertz CT molecular complexity index is 2570. The van der Waals surface area contributed by atoms with E-state index in [9.17, 15) is 0 Å². The van der Waals surface area contributed by atoms with Crippen LogP contribution < -0.4 is 0 Å². The summed E-state index contributed by atoms with van der Waals surface area (Å²) in [4.78, 5) is 10.5. The van der Waals surface area contributed by atoms with Gasteiger partial charge in [-0.15, -0.1) is 0 Å². The normalized spacial score (nSPS) is 13.9. The number of aromatic nitrogens is 1. The van der Waals surface area contributed by atoms with Gasteiger partial charge in [0, 0.05) is 29.2 Å². The van der Waals surface area contributed by atoms with Crippen LogP contribution in [0.2, 0.25) is 0 Å². The number of hydrogen-bond acceptors (Lipinski definition) is 2. The van der Waals surface area contributed by atoms with Crippen molar-refractivity contribution in [3.05, 3.63) is 229 Å². The molecule has 0 N–H and O–H groups in total. The van der Waals surface area contributed by atoms with E-state index in [2.05, 4.69) is 212 Å². The zero-order chi connectivity index (χ0) is 36.1. The highest BCUT2D eigenvalue weighted by Crippen LogP contribution is 2.37. The topological polar surface area (TPSA) is 25.2 Å². The minimum atomic E-state index is 0.155. The van der Waals surface area contributed by atoms with Gasteiger partial charge in [-0.1, -0.05) is 200 Å². The minimum absolute atomic E-state index is 0.155. The minimum Gasteiger partial charge on any atom is -0.252 e. The molecule has 8 aromatic rings. The highest BCUT2D eigenvalue weighted by molar-refractivity contribution is 6.05. The molecule has 2 nitrogen and oxygen atoms in total. The maximum Gasteiger partial charge on any atom is 0.0715 e. The summed E-state index contributed by atoms with van der Waals surface area (Å²) in [5.74, 6) is 0.155. The summed E-state index contributed by atoms with van der Waals surface area (Å²) in [6.45, 7) is 0. The van der Waals surface area contributed by atoms with E-state index in [1.165, 1.54) is 33.4 Å². The molecular formula is C52H38N2. The maximum atomic E-state index is 5.27. The Kier molecular flexibility index (Phi) is 9.15. The van der Waals surface area contributed by atoms with Crippen molar-refractivity contribution in [2.24, 2.45) is 4.99 Å². The van der Waals surface area contributed by atoms with E-state index < -0.39 is 0 Å². The molecule has 9 rings (SSSR count). The number of pyridine rings is 1. The molecule has 1 aromatic heterocycles. The molecule has 0 saturated carbocycles. The van der Waals surface area contributed by atoms with Crippen molar-refractivity contribution < 1.29 is 0 Å². The number of nitrogens with zero attached hydrogens (tertiary/aromatic N) is 2. The van der Waals surface area contributed by atoms with E-state index in [-0.39, 0.29) is 5.92 Å². The molecule has 0 spiro atoms. The van der Waals surface area contributed by atoms with Gasteiger partial charge in [0.15, 0.2) is 0 Å². The average molecular weight is 691 g/mol. The lowest BCUT2D eigenvalue weighted by Crippen LogP contribution is -2.12. The first-order valence-corrected chi connectivity index (χ1v) is 18.6. The lowest BCUT2D eigenvalue weighted by atomic mass is 9.86. The Morgan fingerprint density at radius 3 is 1.31 bits per heavy atom. The SMILES string of the molecule is C1=C(c2ccc(-c3ccccc3)cc2)N=C(c2ccccc2)CC1c1cccc(-c2cc(-c3ccccc3)nc(-c3ccc(-c4ccccc4)cc3)c2)c1. The van der Waals surface area contributed by atoms with Crippen LogP contribution in [-0.2, 0) is 0 Å². The molecule has 1 aliphatic heterocycles. The molecule has 1 atom stereocenters. The summed E-state index contributed by atoms with van der Waals surface area (Å²) in [6.07, 6.45) is 3.18. The van der Waals surface area contributed by atoms with Crippen molar-refractivity contribution >= 4 is 11.4 Å². The molecule has 256 valence electrons. The van der Waals surface area contributed by atoms with E-state index in [1.54, 1.807) is 0 Å². The fraction of sp³-hybridized carbons (Fsp3) is 0.0385. The van der Waals surface area contributed by atoms with Gasteiger partial charge in [-0.3, -0.25) is 4.99 Å². The summed E-state index contributed by atoms with van der Waals surface area (Å²) in [6, 6.07) is 73.2. The summed E-state index contributed by atoms with van der Waals surface area (Å²) >= 11 is 0. The van der Waals surface area contributed by atoms with Gasteiger partial charge in [0.1, 0.15) is 0 Å². The quantitative estimate of drug-likeness (QED) is 0.156. The Hall–Kier alpha value is -6.90. The standard InChI is InChI=1S/C52H38N2/c1-5-14-37(15-6-1)39-24-28-43(29-25-39)51-35-47(33-49(53-51)41-18-9-3-10-19-41)45-22-13-23-46(32-45)48-34-50(42-20-11-4-12-21-42)54-52(36-48)44-30-26-40(27-31-44)38-16-7-2-8-17-38/h1-33,35-36,48H,34H2. The van der Waals surface area contributed by atoms with E-state index in [1.807, 2.05) is 0 Å². The summed E-state index contributed by atoms with van der Waals surface area (Å²) in [5, 5.41) is 0. The van der Waals surface area contributed by atoms with Crippen LogP contribution in [0, 0.1) is 0 Å². The lowest BCUT2D eigenvalue weighted by Gasteiger charge is -2.23. The van der Waals surface area contributed by atoms with Crippen LogP contribution in [0.4, 0.5) is 0 Å². The molecule has 2 heterocycles. The van der Waals surface area contributed by atoms with Crippen LogP contribution >= 0.6 is 0 Å². The smallest absolute Gasteiger partial charge is 0.0715 e.